The van der Waals surface area contributed by atoms with Crippen molar-refractivity contribution >= 4 is 28.0 Å². The third-order valence-corrected chi connectivity index (χ3v) is 6.12. The van der Waals surface area contributed by atoms with Crippen LogP contribution < -0.4 is 9.47 Å². The quantitative estimate of drug-likeness (QED) is 0.157. The molecule has 0 radical (unpaired) electrons. The number of nitrogens with zero attached hydrogens (tertiary/aromatic N) is 2. The van der Waals surface area contributed by atoms with Crippen LogP contribution in [0.2, 0.25) is 0 Å². The van der Waals surface area contributed by atoms with Gasteiger partial charge in [0.05, 0.1) is 49.8 Å². The molecule has 0 aliphatic rings. The number of anilines is 1. The Morgan fingerprint density at radius 3 is 1.83 bits per heavy atom. The number of aryl methyl sites for hydroxylation is 1. The van der Waals surface area contributed by atoms with E-state index >= 15 is 0 Å². The highest BCUT2D eigenvalue weighted by atomic mass is 32.2. The summed E-state index contributed by atoms with van der Waals surface area (Å²) in [5.74, 6) is -0.350. The minimum absolute atomic E-state index is 0.299. The van der Waals surface area contributed by atoms with Crippen molar-refractivity contribution in [2.45, 2.75) is 13.0 Å². The fourth-order valence-corrected chi connectivity index (χ4v) is 3.83. The Morgan fingerprint density at radius 2 is 1.33 bits per heavy atom. The van der Waals surface area contributed by atoms with Crippen LogP contribution in [0, 0.1) is 0 Å². The Morgan fingerprint density at radius 1 is 0.806 bits per heavy atom. The van der Waals surface area contributed by atoms with Crippen LogP contribution in [0.15, 0.2) is 48.8 Å². The molecule has 0 unspecified atom stereocenters. The summed E-state index contributed by atoms with van der Waals surface area (Å²) in [6.07, 6.45) is 8.11. The second-order valence-corrected chi connectivity index (χ2v) is 9.63. The normalized spacial score (nSPS) is 11.9. The van der Waals surface area contributed by atoms with Crippen molar-refractivity contribution in [1.82, 2.24) is 0 Å². The molecule has 0 saturated carbocycles. The Balaban J connectivity index is 1.91. The predicted octanol–water partition coefficient (Wildman–Crippen LogP) is 2.21. The summed E-state index contributed by atoms with van der Waals surface area (Å²) in [5, 5.41) is 0. The van der Waals surface area contributed by atoms with Gasteiger partial charge in [0.1, 0.15) is 6.54 Å². The molecule has 1 heterocycles. The number of hydrogen-bond donors (Lipinski definition) is 0. The van der Waals surface area contributed by atoms with Gasteiger partial charge in [-0.1, -0.05) is 24.3 Å². The van der Waals surface area contributed by atoms with E-state index in [1.54, 1.807) is 14.2 Å². The average molecular weight is 523 g/mol. The number of aromatic nitrogens is 1. The van der Waals surface area contributed by atoms with Crippen molar-refractivity contribution in [2.75, 3.05) is 77.6 Å². The molecule has 1 aromatic carbocycles. The number of methoxy groups -OCH3 is 2. The highest BCUT2D eigenvalue weighted by Crippen LogP contribution is 2.17. The van der Waals surface area contributed by atoms with Crippen molar-refractivity contribution in [3.05, 3.63) is 59.9 Å². The molecule has 2 aromatic rings. The Labute approximate surface area is 215 Å². The molecule has 200 valence electrons. The first-order chi connectivity index (χ1) is 17.4. The van der Waals surface area contributed by atoms with Gasteiger partial charge in [0.25, 0.3) is 0 Å². The lowest BCUT2D eigenvalue weighted by Gasteiger charge is -2.25. The lowest BCUT2D eigenvalue weighted by molar-refractivity contribution is -0.696. The van der Waals surface area contributed by atoms with E-state index in [1.807, 2.05) is 41.2 Å². The highest BCUT2D eigenvalue weighted by Gasteiger charge is 2.07. The number of pyridine rings is 1. The summed E-state index contributed by atoms with van der Waals surface area (Å²) in [6.45, 7) is 5.48. The third kappa shape index (κ3) is 13.1. The van der Waals surface area contributed by atoms with Crippen molar-refractivity contribution in [2.24, 2.45) is 0 Å². The zero-order chi connectivity index (χ0) is 26.1. The number of hydrogen-bond acceptors (Lipinski definition) is 8. The van der Waals surface area contributed by atoms with Crippen LogP contribution in [0.25, 0.3) is 12.2 Å². The molecule has 10 heteroatoms. The fraction of sp³-hybridized carbons (Fsp3) is 0.500. The summed E-state index contributed by atoms with van der Waals surface area (Å²) in [5.41, 5.74) is 3.19. The lowest BCUT2D eigenvalue weighted by atomic mass is 10.1. The van der Waals surface area contributed by atoms with Crippen LogP contribution in [-0.2, 0) is 35.6 Å². The van der Waals surface area contributed by atoms with Gasteiger partial charge in [-0.25, -0.2) is 13.0 Å². The van der Waals surface area contributed by atoms with Gasteiger partial charge in [-0.2, -0.15) is 0 Å². The van der Waals surface area contributed by atoms with Crippen LogP contribution in [0.1, 0.15) is 17.5 Å². The molecule has 0 spiro atoms. The summed E-state index contributed by atoms with van der Waals surface area (Å²) in [7, 11) is -0.848. The average Bonchev–Trinajstić information content (AvgIpc) is 2.86. The summed E-state index contributed by atoms with van der Waals surface area (Å²) < 4.78 is 55.4. The summed E-state index contributed by atoms with van der Waals surface area (Å²) in [4.78, 5) is 2.24. The zero-order valence-corrected chi connectivity index (χ0v) is 22.0. The first-order valence-electron chi connectivity index (χ1n) is 12.0. The Hall–Kier alpha value is -2.34. The van der Waals surface area contributed by atoms with Gasteiger partial charge in [-0.3, -0.25) is 0 Å². The monoisotopic (exact) mass is 522 g/mol. The van der Waals surface area contributed by atoms with Gasteiger partial charge in [0.2, 0.25) is 0 Å². The van der Waals surface area contributed by atoms with Gasteiger partial charge < -0.3 is 28.4 Å². The molecular weight excluding hydrogens is 484 g/mol. The number of benzene rings is 1. The molecule has 1 aromatic heterocycles. The maximum atomic E-state index is 10.7. The minimum Gasteiger partial charge on any atom is -0.748 e. The summed E-state index contributed by atoms with van der Waals surface area (Å²) in [6, 6.07) is 12.2. The van der Waals surface area contributed by atoms with E-state index in [0.717, 1.165) is 29.9 Å². The van der Waals surface area contributed by atoms with Crippen molar-refractivity contribution in [1.29, 1.82) is 0 Å². The minimum atomic E-state index is -4.17. The molecular formula is C26H38N2O7S. The highest BCUT2D eigenvalue weighted by molar-refractivity contribution is 7.85. The van der Waals surface area contributed by atoms with Gasteiger partial charge in [0, 0.05) is 57.3 Å². The molecule has 0 saturated heterocycles. The fourth-order valence-electron chi connectivity index (χ4n) is 3.35. The standard InChI is InChI=1S/C26H38N2O7S/c1-32-19-21-34-17-15-28(16-18-35-22-20-33-2)26-8-6-24(7-9-26)4-5-25-10-13-27(14-11-25)12-3-23-36(29,30)31/h4-11,13-14H,3,12,15-23H2,1-2H3. The number of rotatable bonds is 19. The predicted molar refractivity (Wildman–Crippen MR) is 139 cm³/mol. The van der Waals surface area contributed by atoms with Crippen molar-refractivity contribution < 1.29 is 36.5 Å². The smallest absolute Gasteiger partial charge is 0.169 e. The van der Waals surface area contributed by atoms with Crippen LogP contribution in [0.3, 0.4) is 0 Å². The van der Waals surface area contributed by atoms with Gasteiger partial charge in [-0.15, -0.1) is 0 Å². The van der Waals surface area contributed by atoms with Crippen molar-refractivity contribution in [3.63, 3.8) is 0 Å². The SMILES string of the molecule is COCCOCCN(CCOCCOC)c1ccc(/C=C/c2cc[n+](CCCS(=O)(=O)[O-])cc2)cc1. The first-order valence-corrected chi connectivity index (χ1v) is 13.6. The second-order valence-electron chi connectivity index (χ2n) is 8.11. The molecule has 2 rings (SSSR count). The molecule has 0 atom stereocenters. The van der Waals surface area contributed by atoms with Crippen LogP contribution in [0.4, 0.5) is 5.69 Å². The lowest BCUT2D eigenvalue weighted by Crippen LogP contribution is -2.33. The maximum Gasteiger partial charge on any atom is 0.169 e. The summed E-state index contributed by atoms with van der Waals surface area (Å²) >= 11 is 0. The zero-order valence-electron chi connectivity index (χ0n) is 21.2. The third-order valence-electron chi connectivity index (χ3n) is 5.33. The molecule has 0 aliphatic carbocycles. The van der Waals surface area contributed by atoms with Crippen LogP contribution >= 0.6 is 0 Å². The molecule has 0 N–H and O–H groups in total. The van der Waals surface area contributed by atoms with Crippen LogP contribution in [0.5, 0.6) is 0 Å². The van der Waals surface area contributed by atoms with E-state index < -0.39 is 10.1 Å². The Bertz CT molecular complexity index is 966. The van der Waals surface area contributed by atoms with Gasteiger partial charge in [0.15, 0.2) is 12.4 Å². The van der Waals surface area contributed by atoms with E-state index in [9.17, 15) is 13.0 Å². The van der Waals surface area contributed by atoms with E-state index in [1.165, 1.54) is 0 Å². The molecule has 0 fully saturated rings. The second kappa shape index (κ2) is 17.2. The molecule has 36 heavy (non-hydrogen) atoms. The van der Waals surface area contributed by atoms with Gasteiger partial charge >= 0.3 is 0 Å². The molecule has 0 bridgehead atoms. The van der Waals surface area contributed by atoms with Crippen LogP contribution in [-0.4, -0.2) is 85.7 Å². The largest absolute Gasteiger partial charge is 0.748 e. The first kappa shape index (κ1) is 29.9. The maximum absolute atomic E-state index is 10.7. The topological polar surface area (TPSA) is 101 Å². The van der Waals surface area contributed by atoms with E-state index in [4.69, 9.17) is 18.9 Å². The van der Waals surface area contributed by atoms with Gasteiger partial charge in [-0.05, 0) is 23.3 Å². The Kier molecular flexibility index (Phi) is 14.3. The van der Waals surface area contributed by atoms with E-state index in [-0.39, 0.29) is 5.75 Å². The van der Waals surface area contributed by atoms with Crippen molar-refractivity contribution in [3.8, 4) is 0 Å². The van der Waals surface area contributed by atoms with E-state index in [2.05, 4.69) is 29.2 Å². The van der Waals surface area contributed by atoms with E-state index in [0.29, 0.717) is 52.6 Å². The number of ether oxygens (including phenoxy) is 4. The molecule has 0 amide bonds. The molecule has 9 nitrogen and oxygen atoms in total. The molecule has 0 aliphatic heterocycles.